The van der Waals surface area contributed by atoms with Crippen LogP contribution in [0.2, 0.25) is 0 Å². The van der Waals surface area contributed by atoms with E-state index in [0.717, 1.165) is 5.76 Å². The number of ether oxygens (including phenoxy) is 1. The molecule has 65 valence electrons. The fraction of sp³-hybridized carbons (Fsp3) is 0.111. The highest BCUT2D eigenvalue weighted by Gasteiger charge is 1.97. The van der Waals surface area contributed by atoms with Crippen LogP contribution in [0, 0.1) is 6.33 Å². The molecule has 1 radical (unpaired) electrons. The maximum absolute atomic E-state index is 5.27. The van der Waals surface area contributed by atoms with Crippen LogP contribution in [0.1, 0.15) is 5.76 Å². The number of hydrogen-bond donors (Lipinski definition) is 0. The van der Waals surface area contributed by atoms with Crippen molar-refractivity contribution in [3.05, 3.63) is 42.7 Å². The minimum absolute atomic E-state index is 0.373. The molecule has 0 fully saturated rings. The topological polar surface area (TPSA) is 48.2 Å². The van der Waals surface area contributed by atoms with Gasteiger partial charge in [0.15, 0.2) is 0 Å². The summed E-state index contributed by atoms with van der Waals surface area (Å²) in [6.45, 7) is 0.373. The average molecular weight is 175 g/mol. The van der Waals surface area contributed by atoms with E-state index in [1.165, 1.54) is 0 Å². The minimum atomic E-state index is 0.373. The van der Waals surface area contributed by atoms with Crippen molar-refractivity contribution in [2.24, 2.45) is 0 Å². The third-order valence-corrected chi connectivity index (χ3v) is 1.45. The number of aromatic nitrogens is 2. The van der Waals surface area contributed by atoms with Crippen LogP contribution in [0.3, 0.4) is 0 Å². The van der Waals surface area contributed by atoms with E-state index in [2.05, 4.69) is 16.3 Å². The molecule has 0 aliphatic rings. The van der Waals surface area contributed by atoms with Gasteiger partial charge in [-0.15, -0.1) is 0 Å². The van der Waals surface area contributed by atoms with Gasteiger partial charge in [-0.25, -0.2) is 4.98 Å². The van der Waals surface area contributed by atoms with Gasteiger partial charge in [-0.1, -0.05) is 0 Å². The standard InChI is InChI=1S/C9H7N2O2/c1-2-8(12-5-1)6-13-9-3-4-10-7-11-9/h1-5H,6H2. The molecule has 0 aliphatic heterocycles. The molecular formula is C9H7N2O2. The molecule has 0 bridgehead atoms. The Bertz CT molecular complexity index is 345. The van der Waals surface area contributed by atoms with Crippen molar-refractivity contribution in [2.75, 3.05) is 0 Å². The molecule has 4 nitrogen and oxygen atoms in total. The lowest BCUT2D eigenvalue weighted by atomic mass is 10.5. The van der Waals surface area contributed by atoms with Crippen LogP contribution < -0.4 is 4.74 Å². The fourth-order valence-electron chi connectivity index (χ4n) is 0.870. The zero-order valence-electron chi connectivity index (χ0n) is 6.80. The number of rotatable bonds is 3. The predicted molar refractivity (Wildman–Crippen MR) is 43.9 cm³/mol. The number of furan rings is 1. The molecule has 0 aromatic carbocycles. The van der Waals surface area contributed by atoms with Crippen LogP contribution in [0.25, 0.3) is 0 Å². The van der Waals surface area contributed by atoms with Gasteiger partial charge in [0.2, 0.25) is 12.2 Å². The smallest absolute Gasteiger partial charge is 0.217 e. The summed E-state index contributed by atoms with van der Waals surface area (Å²) in [5.74, 6) is 1.25. The van der Waals surface area contributed by atoms with E-state index < -0.39 is 0 Å². The van der Waals surface area contributed by atoms with Crippen molar-refractivity contribution in [1.82, 2.24) is 9.97 Å². The van der Waals surface area contributed by atoms with Gasteiger partial charge in [-0.3, -0.25) is 0 Å². The maximum atomic E-state index is 5.27. The van der Waals surface area contributed by atoms with Gasteiger partial charge in [0.1, 0.15) is 12.4 Å². The quantitative estimate of drug-likeness (QED) is 0.708. The summed E-state index contributed by atoms with van der Waals surface area (Å²) in [6.07, 6.45) is 5.61. The van der Waals surface area contributed by atoms with Crippen LogP contribution in [-0.4, -0.2) is 9.97 Å². The molecule has 2 heterocycles. The lowest BCUT2D eigenvalue weighted by Gasteiger charge is -2.00. The van der Waals surface area contributed by atoms with Gasteiger partial charge in [-0.2, -0.15) is 4.98 Å². The second-order valence-corrected chi connectivity index (χ2v) is 2.36. The van der Waals surface area contributed by atoms with E-state index in [0.29, 0.717) is 12.5 Å². The Morgan fingerprint density at radius 2 is 2.46 bits per heavy atom. The van der Waals surface area contributed by atoms with Crippen molar-refractivity contribution >= 4 is 0 Å². The average Bonchev–Trinajstić information content (AvgIpc) is 2.69. The summed E-state index contributed by atoms with van der Waals surface area (Å²) >= 11 is 0. The minimum Gasteiger partial charge on any atom is -0.469 e. The Morgan fingerprint density at radius 3 is 3.15 bits per heavy atom. The first-order valence-corrected chi connectivity index (χ1v) is 3.79. The highest BCUT2D eigenvalue weighted by Crippen LogP contribution is 2.06. The Labute approximate surface area is 75.2 Å². The lowest BCUT2D eigenvalue weighted by molar-refractivity contribution is 0.260. The summed E-state index contributed by atoms with van der Waals surface area (Å²) in [7, 11) is 0. The van der Waals surface area contributed by atoms with Gasteiger partial charge >= 0.3 is 0 Å². The summed E-state index contributed by atoms with van der Waals surface area (Å²) < 4.78 is 10.4. The van der Waals surface area contributed by atoms with Gasteiger partial charge in [-0.05, 0) is 12.1 Å². The van der Waals surface area contributed by atoms with E-state index in [-0.39, 0.29) is 0 Å². The van der Waals surface area contributed by atoms with Crippen LogP contribution in [0.15, 0.2) is 35.1 Å². The van der Waals surface area contributed by atoms with Crippen molar-refractivity contribution < 1.29 is 9.15 Å². The first-order chi connectivity index (χ1) is 6.45. The predicted octanol–water partition coefficient (Wildman–Crippen LogP) is 1.45. The Kier molecular flexibility index (Phi) is 2.22. The highest BCUT2D eigenvalue weighted by atomic mass is 16.5. The monoisotopic (exact) mass is 175 g/mol. The van der Waals surface area contributed by atoms with E-state index in [9.17, 15) is 0 Å². The van der Waals surface area contributed by atoms with Crippen molar-refractivity contribution in [3.8, 4) is 5.88 Å². The van der Waals surface area contributed by atoms with Crippen molar-refractivity contribution in [3.63, 3.8) is 0 Å². The molecule has 0 aliphatic carbocycles. The molecule has 0 saturated heterocycles. The van der Waals surface area contributed by atoms with E-state index >= 15 is 0 Å². The molecule has 0 atom stereocenters. The van der Waals surface area contributed by atoms with Crippen LogP contribution in [-0.2, 0) is 6.61 Å². The Balaban J connectivity index is 1.94. The third-order valence-electron chi connectivity index (χ3n) is 1.45. The molecule has 4 heteroatoms. The van der Waals surface area contributed by atoms with Crippen molar-refractivity contribution in [1.29, 1.82) is 0 Å². The SMILES string of the molecule is [c]1nccc(OCc2ccco2)n1. The second-order valence-electron chi connectivity index (χ2n) is 2.36. The number of hydrogen-bond acceptors (Lipinski definition) is 4. The first kappa shape index (κ1) is 7.79. The van der Waals surface area contributed by atoms with Crippen LogP contribution in [0.5, 0.6) is 5.88 Å². The van der Waals surface area contributed by atoms with Crippen LogP contribution >= 0.6 is 0 Å². The maximum Gasteiger partial charge on any atom is 0.217 e. The largest absolute Gasteiger partial charge is 0.469 e. The van der Waals surface area contributed by atoms with Gasteiger partial charge in [0.05, 0.1) is 6.26 Å². The molecular weight excluding hydrogens is 168 g/mol. The van der Waals surface area contributed by atoms with Gasteiger partial charge in [0, 0.05) is 12.3 Å². The summed E-state index contributed by atoms with van der Waals surface area (Å²) in [6, 6.07) is 5.31. The molecule has 0 spiro atoms. The Hall–Kier alpha value is -1.84. The Morgan fingerprint density at radius 1 is 1.46 bits per heavy atom. The first-order valence-electron chi connectivity index (χ1n) is 3.79. The molecule has 13 heavy (non-hydrogen) atoms. The molecule has 2 aromatic heterocycles. The van der Waals surface area contributed by atoms with Crippen LogP contribution in [0.4, 0.5) is 0 Å². The zero-order chi connectivity index (χ0) is 8.93. The summed E-state index contributed by atoms with van der Waals surface area (Å²) in [5, 5.41) is 0. The molecule has 0 unspecified atom stereocenters. The van der Waals surface area contributed by atoms with Crippen molar-refractivity contribution in [2.45, 2.75) is 6.61 Å². The molecule has 0 saturated carbocycles. The van der Waals surface area contributed by atoms with E-state index in [1.807, 2.05) is 12.1 Å². The lowest BCUT2D eigenvalue weighted by Crippen LogP contribution is -1.95. The van der Waals surface area contributed by atoms with E-state index in [4.69, 9.17) is 9.15 Å². The second kappa shape index (κ2) is 3.71. The summed E-state index contributed by atoms with van der Waals surface area (Å²) in [4.78, 5) is 7.43. The van der Waals surface area contributed by atoms with Gasteiger partial charge < -0.3 is 9.15 Å². The summed E-state index contributed by atoms with van der Waals surface area (Å²) in [5.41, 5.74) is 0. The number of nitrogens with zero attached hydrogens (tertiary/aromatic N) is 2. The van der Waals surface area contributed by atoms with E-state index in [1.54, 1.807) is 18.5 Å². The third kappa shape index (κ3) is 2.05. The van der Waals surface area contributed by atoms with Gasteiger partial charge in [0.25, 0.3) is 0 Å². The zero-order valence-corrected chi connectivity index (χ0v) is 6.80. The fourth-order valence-corrected chi connectivity index (χ4v) is 0.870. The highest BCUT2D eigenvalue weighted by molar-refractivity contribution is 5.05. The molecule has 2 aromatic rings. The molecule has 0 amide bonds. The normalized spacial score (nSPS) is 9.85. The molecule has 0 N–H and O–H groups in total. The molecule has 2 rings (SSSR count).